The molecule has 0 bridgehead atoms. The van der Waals surface area contributed by atoms with Crippen LogP contribution in [0.5, 0.6) is 5.75 Å². The molecule has 144 valence electrons. The van der Waals surface area contributed by atoms with E-state index in [2.05, 4.69) is 10.4 Å². The van der Waals surface area contributed by atoms with Crippen molar-refractivity contribution in [1.29, 1.82) is 0 Å². The molecule has 1 saturated heterocycles. The van der Waals surface area contributed by atoms with Crippen molar-refractivity contribution in [3.63, 3.8) is 0 Å². The lowest BCUT2D eigenvalue weighted by molar-refractivity contribution is -0.128. The average molecular weight is 370 g/mol. The number of rotatable bonds is 6. The van der Waals surface area contributed by atoms with E-state index in [-0.39, 0.29) is 24.2 Å². The lowest BCUT2D eigenvalue weighted by atomic mass is 10.1. The number of methoxy groups -OCH3 is 1. The summed E-state index contributed by atoms with van der Waals surface area (Å²) >= 11 is 0. The predicted molar refractivity (Wildman–Crippen MR) is 103 cm³/mol. The quantitative estimate of drug-likeness (QED) is 0.845. The molecule has 0 spiro atoms. The zero-order chi connectivity index (χ0) is 19.6. The van der Waals surface area contributed by atoms with Gasteiger partial charge in [0.2, 0.25) is 11.8 Å². The van der Waals surface area contributed by atoms with Crippen molar-refractivity contribution in [2.24, 2.45) is 13.0 Å². The molecule has 0 saturated carbocycles. The van der Waals surface area contributed by atoms with Crippen LogP contribution in [0.1, 0.15) is 23.4 Å². The molecule has 1 unspecified atom stereocenters. The van der Waals surface area contributed by atoms with Crippen LogP contribution >= 0.6 is 0 Å². The number of aryl methyl sites for hydroxylation is 2. The van der Waals surface area contributed by atoms with Crippen LogP contribution in [0.15, 0.2) is 24.3 Å². The number of para-hydroxylation sites is 1. The van der Waals surface area contributed by atoms with Gasteiger partial charge in [0.25, 0.3) is 0 Å². The molecule has 2 aromatic rings. The minimum absolute atomic E-state index is 0.0182. The van der Waals surface area contributed by atoms with E-state index in [1.807, 2.05) is 45.2 Å². The Morgan fingerprint density at radius 1 is 1.33 bits per heavy atom. The molecule has 1 aromatic heterocycles. The number of aromatic nitrogens is 2. The van der Waals surface area contributed by atoms with Crippen LogP contribution in [-0.2, 0) is 23.1 Å². The zero-order valence-electron chi connectivity index (χ0n) is 16.3. The van der Waals surface area contributed by atoms with E-state index in [0.717, 1.165) is 28.4 Å². The Labute approximate surface area is 159 Å². The number of likely N-dealkylation sites (tertiary alicyclic amines) is 1. The maximum atomic E-state index is 12.6. The largest absolute Gasteiger partial charge is 0.496 e. The highest BCUT2D eigenvalue weighted by atomic mass is 16.5. The second kappa shape index (κ2) is 7.82. The van der Waals surface area contributed by atoms with Gasteiger partial charge in [-0.15, -0.1) is 0 Å². The van der Waals surface area contributed by atoms with Crippen molar-refractivity contribution in [1.82, 2.24) is 14.7 Å². The maximum Gasteiger partial charge on any atom is 0.229 e. The van der Waals surface area contributed by atoms with Gasteiger partial charge in [-0.05, 0) is 31.9 Å². The Bertz CT molecular complexity index is 859. The van der Waals surface area contributed by atoms with Crippen molar-refractivity contribution in [3.05, 3.63) is 41.2 Å². The van der Waals surface area contributed by atoms with Crippen molar-refractivity contribution in [2.75, 3.05) is 25.5 Å². The maximum absolute atomic E-state index is 12.6. The van der Waals surface area contributed by atoms with Gasteiger partial charge in [-0.1, -0.05) is 18.2 Å². The number of nitrogens with zero attached hydrogens (tertiary/aromatic N) is 3. The summed E-state index contributed by atoms with van der Waals surface area (Å²) in [4.78, 5) is 26.8. The Hall–Kier alpha value is -2.83. The second-order valence-electron chi connectivity index (χ2n) is 6.96. The highest BCUT2D eigenvalue weighted by molar-refractivity contribution is 5.97. The summed E-state index contributed by atoms with van der Waals surface area (Å²) in [6.07, 6.45) is 0.945. The summed E-state index contributed by atoms with van der Waals surface area (Å²) in [6, 6.07) is 7.79. The molecule has 1 aliphatic rings. The minimum atomic E-state index is -0.339. The molecule has 1 aromatic carbocycles. The van der Waals surface area contributed by atoms with Gasteiger partial charge in [0.1, 0.15) is 5.75 Å². The molecule has 2 amide bonds. The first-order valence-corrected chi connectivity index (χ1v) is 9.11. The van der Waals surface area contributed by atoms with Crippen molar-refractivity contribution < 1.29 is 14.3 Å². The average Bonchev–Trinajstić information content (AvgIpc) is 3.14. The molecule has 7 nitrogen and oxygen atoms in total. The highest BCUT2D eigenvalue weighted by Crippen LogP contribution is 2.24. The third-order valence-electron chi connectivity index (χ3n) is 5.19. The standard InChI is InChI=1S/C20H26N4O3/c1-13-19(14(2)23(3)22-13)21-20(26)16-11-18(25)24(12-16)10-9-15-7-5-6-8-17(15)27-4/h5-8,16H,9-12H2,1-4H3,(H,21,26). The van der Waals surface area contributed by atoms with Gasteiger partial charge in [-0.3, -0.25) is 14.3 Å². The van der Waals surface area contributed by atoms with Gasteiger partial charge in [0, 0.05) is 26.6 Å². The van der Waals surface area contributed by atoms with Gasteiger partial charge in [-0.2, -0.15) is 5.10 Å². The van der Waals surface area contributed by atoms with Crippen LogP contribution in [0.4, 0.5) is 5.69 Å². The molecular weight excluding hydrogens is 344 g/mol. The molecule has 3 rings (SSSR count). The Morgan fingerprint density at radius 3 is 2.74 bits per heavy atom. The van der Waals surface area contributed by atoms with Crippen molar-refractivity contribution in [3.8, 4) is 5.75 Å². The van der Waals surface area contributed by atoms with Crippen LogP contribution in [0.25, 0.3) is 0 Å². The van der Waals surface area contributed by atoms with Gasteiger partial charge in [-0.25, -0.2) is 0 Å². The number of carbonyl (C=O) groups is 2. The summed E-state index contributed by atoms with van der Waals surface area (Å²) in [5.74, 6) is 0.377. The van der Waals surface area contributed by atoms with Crippen molar-refractivity contribution in [2.45, 2.75) is 26.7 Å². The van der Waals surface area contributed by atoms with Crippen molar-refractivity contribution >= 4 is 17.5 Å². The third-order valence-corrected chi connectivity index (χ3v) is 5.19. The first-order chi connectivity index (χ1) is 12.9. The fourth-order valence-electron chi connectivity index (χ4n) is 3.51. The molecule has 1 fully saturated rings. The molecule has 2 heterocycles. The Balaban J connectivity index is 1.60. The molecule has 1 N–H and O–H groups in total. The summed E-state index contributed by atoms with van der Waals surface area (Å²) in [6.45, 7) is 4.79. The van der Waals surface area contributed by atoms with Crippen LogP contribution in [0, 0.1) is 19.8 Å². The monoisotopic (exact) mass is 370 g/mol. The van der Waals surface area contributed by atoms with Gasteiger partial charge >= 0.3 is 0 Å². The molecule has 1 atom stereocenters. The Morgan fingerprint density at radius 2 is 2.07 bits per heavy atom. The molecule has 0 aliphatic carbocycles. The topological polar surface area (TPSA) is 76.5 Å². The number of amides is 2. The van der Waals surface area contributed by atoms with Gasteiger partial charge in [0.05, 0.1) is 30.1 Å². The van der Waals surface area contributed by atoms with E-state index in [1.54, 1.807) is 16.7 Å². The van der Waals surface area contributed by atoms with E-state index in [9.17, 15) is 9.59 Å². The number of hydrogen-bond donors (Lipinski definition) is 1. The minimum Gasteiger partial charge on any atom is -0.496 e. The normalized spacial score (nSPS) is 16.7. The molecule has 1 aliphatic heterocycles. The summed E-state index contributed by atoms with van der Waals surface area (Å²) in [7, 11) is 3.49. The summed E-state index contributed by atoms with van der Waals surface area (Å²) in [5, 5.41) is 7.27. The molecule has 27 heavy (non-hydrogen) atoms. The number of anilines is 1. The van der Waals surface area contributed by atoms with E-state index in [4.69, 9.17) is 4.74 Å². The van der Waals surface area contributed by atoms with E-state index in [0.29, 0.717) is 19.5 Å². The highest BCUT2D eigenvalue weighted by Gasteiger charge is 2.34. The first-order valence-electron chi connectivity index (χ1n) is 9.11. The van der Waals surface area contributed by atoms with Crippen LogP contribution in [-0.4, -0.2) is 46.7 Å². The van der Waals surface area contributed by atoms with Crippen LogP contribution in [0.3, 0.4) is 0 Å². The van der Waals surface area contributed by atoms with E-state index >= 15 is 0 Å². The molecular formula is C20H26N4O3. The van der Waals surface area contributed by atoms with Crippen LogP contribution in [0.2, 0.25) is 0 Å². The molecule has 0 radical (unpaired) electrons. The smallest absolute Gasteiger partial charge is 0.229 e. The first kappa shape index (κ1) is 18.9. The number of ether oxygens (including phenoxy) is 1. The lowest BCUT2D eigenvalue weighted by Gasteiger charge is -2.17. The van der Waals surface area contributed by atoms with E-state index < -0.39 is 0 Å². The van der Waals surface area contributed by atoms with Gasteiger partial charge in [0.15, 0.2) is 0 Å². The summed E-state index contributed by atoms with van der Waals surface area (Å²) < 4.78 is 7.10. The number of benzene rings is 1. The SMILES string of the molecule is COc1ccccc1CCN1CC(C(=O)Nc2c(C)nn(C)c2C)CC1=O. The second-order valence-corrected chi connectivity index (χ2v) is 6.96. The summed E-state index contributed by atoms with van der Waals surface area (Å²) in [5.41, 5.74) is 3.48. The number of carbonyl (C=O) groups excluding carboxylic acids is 2. The predicted octanol–water partition coefficient (Wildman–Crippen LogP) is 2.08. The van der Waals surface area contributed by atoms with Gasteiger partial charge < -0.3 is 15.0 Å². The molecule has 7 heteroatoms. The third kappa shape index (κ3) is 3.97. The fraction of sp³-hybridized carbons (Fsp3) is 0.450. The number of nitrogens with one attached hydrogen (secondary N) is 1. The zero-order valence-corrected chi connectivity index (χ0v) is 16.3. The Kier molecular flexibility index (Phi) is 5.48. The number of hydrogen-bond acceptors (Lipinski definition) is 4. The fourth-order valence-corrected chi connectivity index (χ4v) is 3.51. The van der Waals surface area contributed by atoms with E-state index in [1.165, 1.54) is 0 Å². The lowest BCUT2D eigenvalue weighted by Crippen LogP contribution is -2.30. The van der Waals surface area contributed by atoms with Crippen LogP contribution < -0.4 is 10.1 Å².